The van der Waals surface area contributed by atoms with Crippen LogP contribution in [0.5, 0.6) is 0 Å². The van der Waals surface area contributed by atoms with Crippen LogP contribution in [-0.4, -0.2) is 17.9 Å². The van der Waals surface area contributed by atoms with E-state index in [0.29, 0.717) is 6.42 Å². The molecule has 0 amide bonds. The van der Waals surface area contributed by atoms with Gasteiger partial charge in [0.2, 0.25) is 0 Å². The van der Waals surface area contributed by atoms with Crippen LogP contribution >= 0.6 is 0 Å². The van der Waals surface area contributed by atoms with E-state index in [1.807, 2.05) is 24.3 Å². The lowest BCUT2D eigenvalue weighted by atomic mass is 10.1. The third kappa shape index (κ3) is 3.30. The van der Waals surface area contributed by atoms with Gasteiger partial charge >= 0.3 is 0 Å². The molecule has 3 N–H and O–H groups in total. The third-order valence-corrected chi connectivity index (χ3v) is 1.60. The lowest BCUT2D eigenvalue weighted by Gasteiger charge is -1.92. The summed E-state index contributed by atoms with van der Waals surface area (Å²) in [6.45, 7) is 0.102. The highest BCUT2D eigenvalue weighted by molar-refractivity contribution is 5.79. The molecule has 0 aliphatic heterocycles. The van der Waals surface area contributed by atoms with Gasteiger partial charge in [0.25, 0.3) is 0 Å². The van der Waals surface area contributed by atoms with E-state index in [-0.39, 0.29) is 6.61 Å². The Kier molecular flexibility index (Phi) is 4.25. The minimum Gasteiger partial charge on any atom is -0.395 e. The summed E-state index contributed by atoms with van der Waals surface area (Å²) in [5.74, 6) is 10.8. The van der Waals surface area contributed by atoms with Gasteiger partial charge in [0.05, 0.1) is 12.8 Å². The van der Waals surface area contributed by atoms with E-state index in [1.165, 1.54) is 0 Å². The van der Waals surface area contributed by atoms with Crippen LogP contribution in [0.2, 0.25) is 0 Å². The topological polar surface area (TPSA) is 58.6 Å². The first-order valence-electron chi connectivity index (χ1n) is 4.30. The van der Waals surface area contributed by atoms with E-state index in [0.717, 1.165) is 11.1 Å². The Morgan fingerprint density at radius 3 is 2.64 bits per heavy atom. The van der Waals surface area contributed by atoms with Gasteiger partial charge in [-0.1, -0.05) is 24.0 Å². The molecule has 0 spiro atoms. The molecule has 0 saturated heterocycles. The molecule has 0 saturated carbocycles. The van der Waals surface area contributed by atoms with Crippen LogP contribution < -0.4 is 5.84 Å². The molecule has 0 atom stereocenters. The monoisotopic (exact) mass is 188 g/mol. The average Bonchev–Trinajstić information content (AvgIpc) is 2.21. The van der Waals surface area contributed by atoms with Crippen molar-refractivity contribution in [3.8, 4) is 11.8 Å². The van der Waals surface area contributed by atoms with Gasteiger partial charge in [0, 0.05) is 12.0 Å². The van der Waals surface area contributed by atoms with E-state index in [4.69, 9.17) is 10.9 Å². The maximum atomic E-state index is 8.52. The Bertz CT molecular complexity index is 357. The maximum Gasteiger partial charge on any atom is 0.0540 e. The van der Waals surface area contributed by atoms with Crippen LogP contribution in [0.3, 0.4) is 0 Å². The van der Waals surface area contributed by atoms with Crippen molar-refractivity contribution in [3.05, 3.63) is 35.4 Å². The van der Waals surface area contributed by atoms with Crippen LogP contribution in [0.15, 0.2) is 29.4 Å². The van der Waals surface area contributed by atoms with Gasteiger partial charge in [-0.25, -0.2) is 0 Å². The van der Waals surface area contributed by atoms with Crippen molar-refractivity contribution in [2.24, 2.45) is 10.9 Å². The normalized spacial score (nSPS) is 9.79. The quantitative estimate of drug-likeness (QED) is 0.311. The zero-order valence-corrected chi connectivity index (χ0v) is 7.77. The van der Waals surface area contributed by atoms with Crippen molar-refractivity contribution >= 4 is 6.21 Å². The summed E-state index contributed by atoms with van der Waals surface area (Å²) in [7, 11) is 0. The molecule has 0 aliphatic carbocycles. The van der Waals surface area contributed by atoms with Crippen LogP contribution in [0, 0.1) is 11.8 Å². The molecular weight excluding hydrogens is 176 g/mol. The largest absolute Gasteiger partial charge is 0.395 e. The number of hydrazone groups is 1. The van der Waals surface area contributed by atoms with Gasteiger partial charge in [-0.15, -0.1) is 0 Å². The van der Waals surface area contributed by atoms with Crippen molar-refractivity contribution in [2.75, 3.05) is 6.61 Å². The second kappa shape index (κ2) is 5.79. The first-order valence-corrected chi connectivity index (χ1v) is 4.30. The number of rotatable bonds is 2. The summed E-state index contributed by atoms with van der Waals surface area (Å²) >= 11 is 0. The van der Waals surface area contributed by atoms with Crippen molar-refractivity contribution in [1.29, 1.82) is 0 Å². The molecule has 0 heterocycles. The van der Waals surface area contributed by atoms with Crippen LogP contribution in [0.25, 0.3) is 0 Å². The number of benzene rings is 1. The molecule has 0 radical (unpaired) electrons. The molecule has 3 heteroatoms. The van der Waals surface area contributed by atoms with Gasteiger partial charge in [-0.05, 0) is 17.7 Å². The first-order chi connectivity index (χ1) is 6.86. The lowest BCUT2D eigenvalue weighted by molar-refractivity contribution is 0.305. The molecule has 72 valence electrons. The molecular formula is C11H12N2O. The first kappa shape index (κ1) is 10.3. The average molecular weight is 188 g/mol. The summed E-state index contributed by atoms with van der Waals surface area (Å²) in [4.78, 5) is 0. The minimum absolute atomic E-state index is 0.102. The number of aliphatic hydroxyl groups is 1. The molecule has 3 nitrogen and oxygen atoms in total. The zero-order chi connectivity index (χ0) is 10.2. The second-order valence-corrected chi connectivity index (χ2v) is 2.68. The van der Waals surface area contributed by atoms with Crippen LogP contribution in [-0.2, 0) is 0 Å². The summed E-state index contributed by atoms with van der Waals surface area (Å²) in [6.07, 6.45) is 2.08. The summed E-state index contributed by atoms with van der Waals surface area (Å²) in [6, 6.07) is 7.56. The summed E-state index contributed by atoms with van der Waals surface area (Å²) < 4.78 is 0. The standard InChI is InChI=1S/C11H12N2O/c12-13-9-11-6-4-10(5-7-11)3-1-2-8-14/h4-7,9,14H,2,8,12H2. The summed E-state index contributed by atoms with van der Waals surface area (Å²) in [5, 5.41) is 11.9. The fraction of sp³-hybridized carbons (Fsp3) is 0.182. The van der Waals surface area contributed by atoms with E-state index in [9.17, 15) is 0 Å². The highest BCUT2D eigenvalue weighted by Crippen LogP contribution is 2.00. The number of hydrogen-bond acceptors (Lipinski definition) is 3. The van der Waals surface area contributed by atoms with Gasteiger partial charge in [-0.2, -0.15) is 5.10 Å². The molecule has 0 fully saturated rings. The molecule has 0 unspecified atom stereocenters. The van der Waals surface area contributed by atoms with Crippen molar-refractivity contribution in [1.82, 2.24) is 0 Å². The highest BCUT2D eigenvalue weighted by Gasteiger charge is 1.87. The van der Waals surface area contributed by atoms with Crippen molar-refractivity contribution in [3.63, 3.8) is 0 Å². The zero-order valence-electron chi connectivity index (χ0n) is 7.77. The fourth-order valence-corrected chi connectivity index (χ4v) is 0.959. The molecule has 1 aromatic rings. The predicted molar refractivity (Wildman–Crippen MR) is 56.8 cm³/mol. The third-order valence-electron chi connectivity index (χ3n) is 1.60. The molecule has 14 heavy (non-hydrogen) atoms. The van der Waals surface area contributed by atoms with Crippen molar-refractivity contribution in [2.45, 2.75) is 6.42 Å². The molecule has 0 bridgehead atoms. The molecule has 0 aromatic heterocycles. The van der Waals surface area contributed by atoms with Crippen LogP contribution in [0.1, 0.15) is 17.5 Å². The van der Waals surface area contributed by atoms with Crippen molar-refractivity contribution < 1.29 is 5.11 Å². The van der Waals surface area contributed by atoms with E-state index >= 15 is 0 Å². The van der Waals surface area contributed by atoms with Gasteiger partial charge in [0.1, 0.15) is 0 Å². The predicted octanol–water partition coefficient (Wildman–Crippen LogP) is 0.713. The van der Waals surface area contributed by atoms with Gasteiger partial charge < -0.3 is 10.9 Å². The SMILES string of the molecule is NN=Cc1ccc(C#CCCO)cc1. The molecule has 0 aliphatic rings. The number of nitrogens with two attached hydrogens (primary N) is 1. The lowest BCUT2D eigenvalue weighted by Crippen LogP contribution is -1.86. The van der Waals surface area contributed by atoms with E-state index < -0.39 is 0 Å². The van der Waals surface area contributed by atoms with Crippen LogP contribution in [0.4, 0.5) is 0 Å². The number of hydrogen-bond donors (Lipinski definition) is 2. The Morgan fingerprint density at radius 2 is 2.07 bits per heavy atom. The molecule has 1 aromatic carbocycles. The van der Waals surface area contributed by atoms with E-state index in [1.54, 1.807) is 6.21 Å². The Labute approximate surface area is 83.3 Å². The van der Waals surface area contributed by atoms with Gasteiger partial charge in [-0.3, -0.25) is 0 Å². The minimum atomic E-state index is 0.102. The maximum absolute atomic E-state index is 8.52. The number of aliphatic hydroxyl groups excluding tert-OH is 1. The Hall–Kier alpha value is -1.79. The second-order valence-electron chi connectivity index (χ2n) is 2.68. The Balaban J connectivity index is 2.70. The fourth-order valence-electron chi connectivity index (χ4n) is 0.959. The summed E-state index contributed by atoms with van der Waals surface area (Å²) in [5.41, 5.74) is 1.87. The Morgan fingerprint density at radius 1 is 1.36 bits per heavy atom. The smallest absolute Gasteiger partial charge is 0.0540 e. The highest BCUT2D eigenvalue weighted by atomic mass is 16.2. The molecule has 1 rings (SSSR count). The van der Waals surface area contributed by atoms with E-state index in [2.05, 4.69) is 16.9 Å². The number of nitrogens with zero attached hydrogens (tertiary/aromatic N) is 1. The van der Waals surface area contributed by atoms with Gasteiger partial charge in [0.15, 0.2) is 0 Å².